The Morgan fingerprint density at radius 1 is 1.05 bits per heavy atom. The molecule has 2 heterocycles. The molecule has 0 radical (unpaired) electrons. The third kappa shape index (κ3) is 2.03. The Labute approximate surface area is 123 Å². The molecule has 1 unspecified atom stereocenters. The van der Waals surface area contributed by atoms with E-state index in [-0.39, 0.29) is 18.6 Å². The zero-order chi connectivity index (χ0) is 14.4. The number of benzene rings is 2. The number of nitrogens with one attached hydrogen (secondary N) is 1. The number of hydrogen-bond donors (Lipinski definition) is 1. The molecule has 2 aliphatic heterocycles. The average Bonchev–Trinajstić information content (AvgIpc) is 2.94. The number of anilines is 1. The number of para-hydroxylation sites is 1. The second-order valence-electron chi connectivity index (χ2n) is 5.81. The van der Waals surface area contributed by atoms with E-state index >= 15 is 0 Å². The van der Waals surface area contributed by atoms with Crippen LogP contribution < -0.4 is 14.8 Å². The fraction of sp³-hybridized carbons (Fsp3) is 0.294. The van der Waals surface area contributed by atoms with E-state index in [1.807, 2.05) is 30.3 Å². The van der Waals surface area contributed by atoms with Crippen molar-refractivity contribution in [1.82, 2.24) is 0 Å². The highest BCUT2D eigenvalue weighted by Crippen LogP contribution is 2.43. The number of rotatable bonds is 1. The molecule has 1 N–H and O–H groups in total. The molecule has 2 aromatic carbocycles. The van der Waals surface area contributed by atoms with E-state index in [1.165, 1.54) is 5.56 Å². The van der Waals surface area contributed by atoms with E-state index in [0.717, 1.165) is 22.7 Å². The molecule has 4 nitrogen and oxygen atoms in total. The van der Waals surface area contributed by atoms with Crippen LogP contribution >= 0.6 is 0 Å². The number of ether oxygens (including phenoxy) is 3. The molecule has 1 atom stereocenters. The van der Waals surface area contributed by atoms with Crippen molar-refractivity contribution in [2.45, 2.75) is 25.7 Å². The summed E-state index contributed by atoms with van der Waals surface area (Å²) in [5.41, 5.74) is 2.96. The lowest BCUT2D eigenvalue weighted by molar-refractivity contribution is -0.0734. The summed E-state index contributed by atoms with van der Waals surface area (Å²) in [6, 6.07) is 14.2. The molecule has 0 bridgehead atoms. The van der Waals surface area contributed by atoms with Crippen LogP contribution in [-0.4, -0.2) is 6.79 Å². The van der Waals surface area contributed by atoms with E-state index < -0.39 is 0 Å². The molecule has 0 aromatic heterocycles. The maximum absolute atomic E-state index is 6.24. The fourth-order valence-electron chi connectivity index (χ4n) is 2.89. The van der Waals surface area contributed by atoms with Crippen molar-refractivity contribution >= 4 is 5.69 Å². The van der Waals surface area contributed by atoms with Crippen LogP contribution in [0.4, 0.5) is 5.69 Å². The lowest BCUT2D eigenvalue weighted by Crippen LogP contribution is -2.33. The van der Waals surface area contributed by atoms with Gasteiger partial charge in [-0.3, -0.25) is 0 Å². The lowest BCUT2D eigenvalue weighted by Gasteiger charge is -2.39. The summed E-state index contributed by atoms with van der Waals surface area (Å²) in [6.07, 6.45) is -0.204. The Hall–Kier alpha value is -2.20. The molecule has 4 heteroatoms. The molecule has 0 amide bonds. The van der Waals surface area contributed by atoms with Crippen LogP contribution in [0.2, 0.25) is 0 Å². The van der Waals surface area contributed by atoms with Gasteiger partial charge in [-0.2, -0.15) is 0 Å². The highest BCUT2D eigenvalue weighted by Gasteiger charge is 2.34. The largest absolute Gasteiger partial charge is 0.454 e. The van der Waals surface area contributed by atoms with Gasteiger partial charge in [-0.05, 0) is 32.0 Å². The Morgan fingerprint density at radius 3 is 2.76 bits per heavy atom. The van der Waals surface area contributed by atoms with E-state index in [2.05, 4.69) is 31.3 Å². The van der Waals surface area contributed by atoms with Crippen LogP contribution in [0.1, 0.15) is 31.2 Å². The van der Waals surface area contributed by atoms with Crippen LogP contribution in [0.5, 0.6) is 11.5 Å². The van der Waals surface area contributed by atoms with Crippen molar-refractivity contribution in [2.24, 2.45) is 0 Å². The first-order valence-electron chi connectivity index (χ1n) is 7.07. The van der Waals surface area contributed by atoms with Crippen LogP contribution in [0, 0.1) is 0 Å². The van der Waals surface area contributed by atoms with Gasteiger partial charge in [0.25, 0.3) is 0 Å². The molecular formula is C17H17NO3. The highest BCUT2D eigenvalue weighted by atomic mass is 16.7. The predicted molar refractivity (Wildman–Crippen MR) is 79.5 cm³/mol. The highest BCUT2D eigenvalue weighted by molar-refractivity contribution is 5.57. The molecule has 21 heavy (non-hydrogen) atoms. The van der Waals surface area contributed by atoms with Crippen molar-refractivity contribution in [3.05, 3.63) is 53.6 Å². The van der Waals surface area contributed by atoms with Gasteiger partial charge in [0.2, 0.25) is 6.79 Å². The van der Waals surface area contributed by atoms with Gasteiger partial charge < -0.3 is 19.5 Å². The third-order valence-electron chi connectivity index (χ3n) is 3.97. The number of fused-ring (bicyclic) bond motifs is 2. The van der Waals surface area contributed by atoms with Gasteiger partial charge in [0.15, 0.2) is 17.7 Å². The van der Waals surface area contributed by atoms with Crippen molar-refractivity contribution in [1.29, 1.82) is 0 Å². The zero-order valence-electron chi connectivity index (χ0n) is 12.1. The summed E-state index contributed by atoms with van der Waals surface area (Å²) in [7, 11) is 0. The third-order valence-corrected chi connectivity index (χ3v) is 3.97. The number of hydrogen-bond acceptors (Lipinski definition) is 4. The SMILES string of the molecule is CC1(C)OC(c2ccc3c(c2)OCO3)Nc2ccccc21. The summed E-state index contributed by atoms with van der Waals surface area (Å²) in [5.74, 6) is 1.56. The monoisotopic (exact) mass is 283 g/mol. The van der Waals surface area contributed by atoms with Crippen LogP contribution in [-0.2, 0) is 10.3 Å². The molecule has 108 valence electrons. The second-order valence-corrected chi connectivity index (χ2v) is 5.81. The Balaban J connectivity index is 1.72. The van der Waals surface area contributed by atoms with E-state index in [4.69, 9.17) is 14.2 Å². The normalized spacial score (nSPS) is 21.5. The van der Waals surface area contributed by atoms with Gasteiger partial charge in [0, 0.05) is 16.8 Å². The quantitative estimate of drug-likeness (QED) is 0.864. The van der Waals surface area contributed by atoms with Gasteiger partial charge in [-0.15, -0.1) is 0 Å². The first kappa shape index (κ1) is 12.5. The predicted octanol–water partition coefficient (Wildman–Crippen LogP) is 3.79. The standard InChI is InChI=1S/C17H17NO3/c1-17(2)12-5-3-4-6-13(12)18-16(21-17)11-7-8-14-15(9-11)20-10-19-14/h3-9,16,18H,10H2,1-2H3. The van der Waals surface area contributed by atoms with Crippen LogP contribution in [0.25, 0.3) is 0 Å². The van der Waals surface area contributed by atoms with Gasteiger partial charge >= 0.3 is 0 Å². The van der Waals surface area contributed by atoms with Gasteiger partial charge in [-0.1, -0.05) is 24.3 Å². The molecule has 0 aliphatic carbocycles. The van der Waals surface area contributed by atoms with Crippen molar-refractivity contribution in [3.8, 4) is 11.5 Å². The van der Waals surface area contributed by atoms with Crippen molar-refractivity contribution in [3.63, 3.8) is 0 Å². The van der Waals surface area contributed by atoms with Gasteiger partial charge in [0.05, 0.1) is 5.60 Å². The minimum atomic E-state index is -0.344. The van der Waals surface area contributed by atoms with Gasteiger partial charge in [0.1, 0.15) is 0 Å². The molecule has 2 aromatic rings. The molecule has 0 saturated carbocycles. The topological polar surface area (TPSA) is 39.7 Å². The minimum absolute atomic E-state index is 0.204. The summed E-state index contributed by atoms with van der Waals surface area (Å²) >= 11 is 0. The molecular weight excluding hydrogens is 266 g/mol. The summed E-state index contributed by atoms with van der Waals surface area (Å²) in [6.45, 7) is 4.46. The smallest absolute Gasteiger partial charge is 0.231 e. The fourth-order valence-corrected chi connectivity index (χ4v) is 2.89. The first-order chi connectivity index (χ1) is 10.1. The average molecular weight is 283 g/mol. The Morgan fingerprint density at radius 2 is 1.86 bits per heavy atom. The van der Waals surface area contributed by atoms with Crippen LogP contribution in [0.3, 0.4) is 0 Å². The molecule has 2 aliphatic rings. The molecule has 4 rings (SSSR count). The maximum Gasteiger partial charge on any atom is 0.231 e. The van der Waals surface area contributed by atoms with Crippen molar-refractivity contribution in [2.75, 3.05) is 12.1 Å². The zero-order valence-corrected chi connectivity index (χ0v) is 12.1. The molecule has 0 saturated heterocycles. The minimum Gasteiger partial charge on any atom is -0.454 e. The van der Waals surface area contributed by atoms with Gasteiger partial charge in [-0.25, -0.2) is 0 Å². The van der Waals surface area contributed by atoms with Crippen molar-refractivity contribution < 1.29 is 14.2 Å². The lowest BCUT2D eigenvalue weighted by atomic mass is 9.93. The van der Waals surface area contributed by atoms with E-state index in [1.54, 1.807) is 0 Å². The molecule has 0 fully saturated rings. The second kappa shape index (κ2) is 4.40. The van der Waals surface area contributed by atoms with E-state index in [0.29, 0.717) is 0 Å². The first-order valence-corrected chi connectivity index (χ1v) is 7.07. The Bertz CT molecular complexity index is 696. The summed E-state index contributed by atoms with van der Waals surface area (Å²) in [4.78, 5) is 0. The van der Waals surface area contributed by atoms with Crippen LogP contribution in [0.15, 0.2) is 42.5 Å². The summed E-state index contributed by atoms with van der Waals surface area (Å²) < 4.78 is 17.0. The van der Waals surface area contributed by atoms with E-state index in [9.17, 15) is 0 Å². The Kier molecular flexibility index (Phi) is 2.62. The maximum atomic E-state index is 6.24. The summed E-state index contributed by atoms with van der Waals surface area (Å²) in [5, 5.41) is 3.44. The molecule has 0 spiro atoms.